The molecule has 0 bridgehead atoms. The van der Waals surface area contributed by atoms with Crippen LogP contribution in [-0.4, -0.2) is 5.97 Å². The summed E-state index contributed by atoms with van der Waals surface area (Å²) >= 11 is 0. The SMILES string of the molecule is O=C([O-])/C=C/c1ccccc1.[CH3-].[Cl-].[Cl-].[K+].[V]. The van der Waals surface area contributed by atoms with Gasteiger partial charge >= 0.3 is 51.4 Å². The number of benzene rings is 1. The molecule has 6 heteroatoms. The van der Waals surface area contributed by atoms with Crippen molar-refractivity contribution < 1.29 is 105 Å². The average molecular weight is 323 g/mol. The summed E-state index contributed by atoms with van der Waals surface area (Å²) in [4.78, 5) is 9.97. The zero-order chi connectivity index (χ0) is 8.10. The molecule has 0 heterocycles. The number of carbonyl (C=O) groups is 1. The quantitative estimate of drug-likeness (QED) is 0.308. The van der Waals surface area contributed by atoms with E-state index < -0.39 is 5.97 Å². The molecule has 0 aliphatic carbocycles. The Bertz CT molecular complexity index is 281. The Balaban J connectivity index is -0.0000000807. The first-order valence-electron chi connectivity index (χ1n) is 3.23. The molecule has 0 unspecified atom stereocenters. The molecule has 0 fully saturated rings. The van der Waals surface area contributed by atoms with Crippen molar-refractivity contribution >= 4 is 12.0 Å². The number of aliphatic carboxylic acids is 1. The van der Waals surface area contributed by atoms with Crippen molar-refractivity contribution in [3.05, 3.63) is 49.4 Å². The smallest absolute Gasteiger partial charge is 1.00 e. The molecule has 0 aliphatic rings. The summed E-state index contributed by atoms with van der Waals surface area (Å²) in [5.41, 5.74) is 0.858. The van der Waals surface area contributed by atoms with Gasteiger partial charge in [-0.2, -0.15) is 0 Å². The topological polar surface area (TPSA) is 40.1 Å². The number of hydrogen-bond donors (Lipinski definition) is 0. The number of carbonyl (C=O) groups excluding carboxylic acids is 1. The molecule has 0 amide bonds. The van der Waals surface area contributed by atoms with Gasteiger partial charge in [0.05, 0.1) is 5.97 Å². The molecule has 0 N–H and O–H groups in total. The van der Waals surface area contributed by atoms with Crippen LogP contribution in [0.25, 0.3) is 6.08 Å². The molecule has 85 valence electrons. The molecule has 0 aromatic heterocycles. The van der Waals surface area contributed by atoms with E-state index in [0.29, 0.717) is 0 Å². The van der Waals surface area contributed by atoms with Crippen LogP contribution >= 0.6 is 0 Å². The first kappa shape index (κ1) is 30.3. The van der Waals surface area contributed by atoms with E-state index in [1.165, 1.54) is 6.08 Å². The van der Waals surface area contributed by atoms with Gasteiger partial charge in [-0.3, -0.25) is 0 Å². The molecule has 1 aromatic rings. The van der Waals surface area contributed by atoms with Gasteiger partial charge in [0.1, 0.15) is 0 Å². The summed E-state index contributed by atoms with van der Waals surface area (Å²) in [5, 5.41) is 9.97. The number of rotatable bonds is 2. The maximum atomic E-state index is 9.97. The average Bonchev–Trinajstić information content (AvgIpc) is 2.03. The van der Waals surface area contributed by atoms with E-state index in [4.69, 9.17) is 0 Å². The molecule has 1 rings (SSSR count). The van der Waals surface area contributed by atoms with Crippen LogP contribution in [0.4, 0.5) is 0 Å². The van der Waals surface area contributed by atoms with Crippen LogP contribution < -0.4 is 81.3 Å². The Kier molecular flexibility index (Phi) is 35.3. The van der Waals surface area contributed by atoms with Gasteiger partial charge in [-0.25, -0.2) is 0 Å². The van der Waals surface area contributed by atoms with Crippen molar-refractivity contribution in [3.63, 3.8) is 0 Å². The molecule has 0 atom stereocenters. The minimum Gasteiger partial charge on any atom is -1.00 e. The minimum absolute atomic E-state index is 0. The van der Waals surface area contributed by atoms with E-state index in [0.717, 1.165) is 11.6 Å². The summed E-state index contributed by atoms with van der Waals surface area (Å²) in [7, 11) is 0. The monoisotopic (exact) mass is 322 g/mol. The number of carboxylic acids is 1. The molecule has 2 nitrogen and oxygen atoms in total. The standard InChI is InChI=1S/C9H8O2.CH3.2ClH.K.V/c10-9(11)7-6-8-4-2-1-3-5-8;;;;;/h1-7H,(H,10,11);1H3;2*1H;;/q;-1;;;+1;/p-3/b7-6+;;;;;. The van der Waals surface area contributed by atoms with E-state index in [-0.39, 0.29) is 102 Å². The molecular weight excluding hydrogens is 313 g/mol. The predicted octanol–water partition coefficient (Wildman–Crippen LogP) is -8.09. The minimum atomic E-state index is -1.17. The number of halogens is 2. The van der Waals surface area contributed by atoms with E-state index in [9.17, 15) is 9.90 Å². The third-order valence-electron chi connectivity index (χ3n) is 1.21. The van der Waals surface area contributed by atoms with Crippen molar-refractivity contribution in [3.8, 4) is 0 Å². The summed E-state index contributed by atoms with van der Waals surface area (Å²) in [6.07, 6.45) is 2.50. The summed E-state index contributed by atoms with van der Waals surface area (Å²) < 4.78 is 0. The van der Waals surface area contributed by atoms with Crippen LogP contribution in [0.3, 0.4) is 0 Å². The Labute approximate surface area is 163 Å². The van der Waals surface area contributed by atoms with Crippen molar-refractivity contribution in [2.75, 3.05) is 0 Å². The van der Waals surface area contributed by atoms with Crippen molar-refractivity contribution in [1.82, 2.24) is 0 Å². The normalized spacial score (nSPS) is 7.00. The second-order valence-corrected chi connectivity index (χ2v) is 2.06. The van der Waals surface area contributed by atoms with Gasteiger partial charge in [0.25, 0.3) is 0 Å². The maximum Gasteiger partial charge on any atom is 1.00 e. The Morgan fingerprint density at radius 1 is 1.12 bits per heavy atom. The summed E-state index contributed by atoms with van der Waals surface area (Å²) in [6.45, 7) is 0. The van der Waals surface area contributed by atoms with Crippen LogP contribution in [-0.2, 0) is 23.4 Å². The fourth-order valence-corrected chi connectivity index (χ4v) is 0.728. The Morgan fingerprint density at radius 2 is 1.56 bits per heavy atom. The third kappa shape index (κ3) is 15.2. The fourth-order valence-electron chi connectivity index (χ4n) is 0.728. The fraction of sp³-hybridized carbons (Fsp3) is 0. The van der Waals surface area contributed by atoms with Crippen molar-refractivity contribution in [1.29, 1.82) is 0 Å². The molecule has 16 heavy (non-hydrogen) atoms. The molecule has 1 aromatic carbocycles. The van der Waals surface area contributed by atoms with Gasteiger partial charge in [-0.15, -0.1) is 0 Å². The van der Waals surface area contributed by atoms with E-state index in [1.807, 2.05) is 30.3 Å². The van der Waals surface area contributed by atoms with Crippen LogP contribution in [0.5, 0.6) is 0 Å². The molecular formula is C10H10Cl2KO2V-3. The van der Waals surface area contributed by atoms with Gasteiger partial charge in [0.15, 0.2) is 0 Å². The second-order valence-electron chi connectivity index (χ2n) is 2.06. The Morgan fingerprint density at radius 3 is 1.94 bits per heavy atom. The van der Waals surface area contributed by atoms with Crippen molar-refractivity contribution in [2.45, 2.75) is 0 Å². The molecule has 0 saturated heterocycles. The van der Waals surface area contributed by atoms with E-state index in [2.05, 4.69) is 0 Å². The molecule has 0 spiro atoms. The summed E-state index contributed by atoms with van der Waals surface area (Å²) in [6, 6.07) is 9.19. The van der Waals surface area contributed by atoms with Crippen LogP contribution in [0.15, 0.2) is 36.4 Å². The molecule has 1 radical (unpaired) electrons. The van der Waals surface area contributed by atoms with E-state index in [1.54, 1.807) is 0 Å². The van der Waals surface area contributed by atoms with Crippen LogP contribution in [0.2, 0.25) is 0 Å². The van der Waals surface area contributed by atoms with Crippen LogP contribution in [0.1, 0.15) is 5.56 Å². The maximum absolute atomic E-state index is 9.97. The van der Waals surface area contributed by atoms with Gasteiger partial charge < -0.3 is 42.1 Å². The van der Waals surface area contributed by atoms with E-state index >= 15 is 0 Å². The van der Waals surface area contributed by atoms with Gasteiger partial charge in [0, 0.05) is 18.6 Å². The Hall–Kier alpha value is 1.23. The first-order valence-corrected chi connectivity index (χ1v) is 3.23. The van der Waals surface area contributed by atoms with Crippen LogP contribution in [0, 0.1) is 7.43 Å². The number of hydrogen-bond acceptors (Lipinski definition) is 2. The first-order chi connectivity index (χ1) is 5.29. The summed E-state index contributed by atoms with van der Waals surface area (Å²) in [5.74, 6) is -1.17. The molecule has 0 saturated carbocycles. The number of carboxylic acid groups (broad SMARTS) is 1. The zero-order valence-corrected chi connectivity index (χ0v) is 15.1. The van der Waals surface area contributed by atoms with Gasteiger partial charge in [0.2, 0.25) is 0 Å². The van der Waals surface area contributed by atoms with Gasteiger partial charge in [-0.1, -0.05) is 36.4 Å². The predicted molar refractivity (Wildman–Crippen MR) is 46.9 cm³/mol. The zero-order valence-electron chi connectivity index (χ0n) is 9.06. The third-order valence-corrected chi connectivity index (χ3v) is 1.21. The second kappa shape index (κ2) is 18.6. The van der Waals surface area contributed by atoms with Crippen molar-refractivity contribution in [2.24, 2.45) is 0 Å². The van der Waals surface area contributed by atoms with Gasteiger partial charge in [-0.05, 0) is 11.6 Å². The largest absolute Gasteiger partial charge is 1.00 e. The molecule has 0 aliphatic heterocycles.